The van der Waals surface area contributed by atoms with Gasteiger partial charge in [-0.05, 0) is 64.6 Å². The van der Waals surface area contributed by atoms with Crippen LogP contribution in [0.25, 0.3) is 0 Å². The highest BCUT2D eigenvalue weighted by molar-refractivity contribution is 4.90. The molecule has 0 aliphatic carbocycles. The van der Waals surface area contributed by atoms with Gasteiger partial charge in [-0.1, -0.05) is 0 Å². The number of piperidine rings is 2. The SMILES string of the molecule is CC(CC1CCCNC1)N1CCCC(C#N)C1. The van der Waals surface area contributed by atoms with Crippen LogP contribution in [0, 0.1) is 23.2 Å². The Morgan fingerprint density at radius 1 is 1.41 bits per heavy atom. The fraction of sp³-hybridized carbons (Fsp3) is 0.929. The summed E-state index contributed by atoms with van der Waals surface area (Å²) >= 11 is 0. The summed E-state index contributed by atoms with van der Waals surface area (Å²) in [6, 6.07) is 3.09. The molecular formula is C14H25N3. The van der Waals surface area contributed by atoms with Crippen LogP contribution in [0.4, 0.5) is 0 Å². The lowest BCUT2D eigenvalue weighted by atomic mass is 9.90. The molecule has 3 heteroatoms. The molecule has 2 fully saturated rings. The largest absolute Gasteiger partial charge is 0.316 e. The van der Waals surface area contributed by atoms with Gasteiger partial charge in [-0.25, -0.2) is 0 Å². The molecule has 0 saturated carbocycles. The molecule has 96 valence electrons. The van der Waals surface area contributed by atoms with E-state index in [4.69, 9.17) is 5.26 Å². The van der Waals surface area contributed by atoms with Crippen LogP contribution in [0.3, 0.4) is 0 Å². The van der Waals surface area contributed by atoms with E-state index in [1.807, 2.05) is 0 Å². The molecule has 0 aromatic heterocycles. The molecular weight excluding hydrogens is 210 g/mol. The van der Waals surface area contributed by atoms with E-state index in [2.05, 4.69) is 23.2 Å². The highest BCUT2D eigenvalue weighted by Crippen LogP contribution is 2.23. The number of nitrogens with zero attached hydrogens (tertiary/aromatic N) is 2. The van der Waals surface area contributed by atoms with Crippen LogP contribution < -0.4 is 5.32 Å². The minimum Gasteiger partial charge on any atom is -0.316 e. The smallest absolute Gasteiger partial charge is 0.0669 e. The maximum atomic E-state index is 9.03. The molecule has 0 spiro atoms. The summed E-state index contributed by atoms with van der Waals surface area (Å²) in [6.45, 7) is 6.93. The van der Waals surface area contributed by atoms with Crippen molar-refractivity contribution in [2.24, 2.45) is 11.8 Å². The van der Waals surface area contributed by atoms with Crippen LogP contribution in [0.2, 0.25) is 0 Å². The molecule has 2 saturated heterocycles. The van der Waals surface area contributed by atoms with Crippen LogP contribution in [-0.2, 0) is 0 Å². The number of hydrogen-bond acceptors (Lipinski definition) is 3. The Morgan fingerprint density at radius 2 is 2.29 bits per heavy atom. The first kappa shape index (κ1) is 12.9. The van der Waals surface area contributed by atoms with E-state index in [9.17, 15) is 0 Å². The summed E-state index contributed by atoms with van der Waals surface area (Å²) in [4.78, 5) is 2.53. The van der Waals surface area contributed by atoms with Crippen LogP contribution >= 0.6 is 0 Å². The fourth-order valence-corrected chi connectivity index (χ4v) is 3.27. The molecule has 17 heavy (non-hydrogen) atoms. The second-order valence-corrected chi connectivity index (χ2v) is 5.76. The molecule has 0 aromatic carbocycles. The minimum atomic E-state index is 0.274. The lowest BCUT2D eigenvalue weighted by molar-refractivity contribution is 0.127. The standard InChI is InChI=1S/C14H25N3/c1-12(8-13-4-2-6-16-10-13)17-7-3-5-14(9-15)11-17/h12-14,16H,2-8,10-11H2,1H3. The second-order valence-electron chi connectivity index (χ2n) is 5.76. The molecule has 0 amide bonds. The van der Waals surface area contributed by atoms with Gasteiger partial charge in [-0.15, -0.1) is 0 Å². The summed E-state index contributed by atoms with van der Waals surface area (Å²) in [6.07, 6.45) is 6.31. The van der Waals surface area contributed by atoms with Crippen molar-refractivity contribution in [1.82, 2.24) is 10.2 Å². The van der Waals surface area contributed by atoms with Gasteiger partial charge in [-0.2, -0.15) is 5.26 Å². The number of likely N-dealkylation sites (tertiary alicyclic amines) is 1. The number of nitriles is 1. The molecule has 3 nitrogen and oxygen atoms in total. The van der Waals surface area contributed by atoms with E-state index in [0.717, 1.165) is 18.9 Å². The van der Waals surface area contributed by atoms with Gasteiger partial charge in [0.15, 0.2) is 0 Å². The van der Waals surface area contributed by atoms with Crippen LogP contribution in [0.15, 0.2) is 0 Å². The highest BCUT2D eigenvalue weighted by atomic mass is 15.2. The van der Waals surface area contributed by atoms with Gasteiger partial charge in [0.05, 0.1) is 12.0 Å². The topological polar surface area (TPSA) is 39.1 Å². The molecule has 2 aliphatic heterocycles. The lowest BCUT2D eigenvalue weighted by Gasteiger charge is -2.37. The zero-order valence-electron chi connectivity index (χ0n) is 11.0. The first-order chi connectivity index (χ1) is 8.29. The minimum absolute atomic E-state index is 0.274. The summed E-state index contributed by atoms with van der Waals surface area (Å²) in [5.41, 5.74) is 0. The Balaban J connectivity index is 1.78. The average Bonchev–Trinajstić information content (AvgIpc) is 2.40. The molecule has 2 heterocycles. The monoisotopic (exact) mass is 235 g/mol. The summed E-state index contributed by atoms with van der Waals surface area (Å²) < 4.78 is 0. The Kier molecular flexibility index (Phi) is 4.82. The van der Waals surface area contributed by atoms with Crippen LogP contribution in [-0.4, -0.2) is 37.1 Å². The van der Waals surface area contributed by atoms with E-state index in [-0.39, 0.29) is 5.92 Å². The summed E-state index contributed by atoms with van der Waals surface area (Å²) in [5.74, 6) is 1.12. The summed E-state index contributed by atoms with van der Waals surface area (Å²) in [7, 11) is 0. The van der Waals surface area contributed by atoms with Crippen LogP contribution in [0.5, 0.6) is 0 Å². The first-order valence-electron chi connectivity index (χ1n) is 7.14. The summed E-state index contributed by atoms with van der Waals surface area (Å²) in [5, 5.41) is 12.5. The predicted molar refractivity (Wildman–Crippen MR) is 69.6 cm³/mol. The van der Waals surface area contributed by atoms with Crippen molar-refractivity contribution in [3.05, 3.63) is 0 Å². The Labute approximate surface area is 105 Å². The first-order valence-corrected chi connectivity index (χ1v) is 7.14. The van der Waals surface area contributed by atoms with E-state index >= 15 is 0 Å². The predicted octanol–water partition coefficient (Wildman–Crippen LogP) is 2.00. The Bertz CT molecular complexity index is 265. The molecule has 0 radical (unpaired) electrons. The third-order valence-electron chi connectivity index (χ3n) is 4.33. The zero-order valence-corrected chi connectivity index (χ0v) is 11.0. The fourth-order valence-electron chi connectivity index (χ4n) is 3.27. The third-order valence-corrected chi connectivity index (χ3v) is 4.33. The normalized spacial score (nSPS) is 32.9. The third kappa shape index (κ3) is 3.69. The molecule has 0 bridgehead atoms. The van der Waals surface area contributed by atoms with Crippen molar-refractivity contribution >= 4 is 0 Å². The zero-order chi connectivity index (χ0) is 12.1. The van der Waals surface area contributed by atoms with Crippen molar-refractivity contribution in [2.45, 2.75) is 45.1 Å². The molecule has 0 aromatic rings. The van der Waals surface area contributed by atoms with E-state index in [1.165, 1.54) is 45.3 Å². The van der Waals surface area contributed by atoms with Crippen molar-refractivity contribution in [2.75, 3.05) is 26.2 Å². The van der Waals surface area contributed by atoms with E-state index in [0.29, 0.717) is 6.04 Å². The van der Waals surface area contributed by atoms with E-state index in [1.54, 1.807) is 0 Å². The van der Waals surface area contributed by atoms with Gasteiger partial charge in [-0.3, -0.25) is 4.90 Å². The quantitative estimate of drug-likeness (QED) is 0.813. The number of rotatable bonds is 3. The number of hydrogen-bond donors (Lipinski definition) is 1. The van der Waals surface area contributed by atoms with Gasteiger partial charge >= 0.3 is 0 Å². The Morgan fingerprint density at radius 3 is 3.00 bits per heavy atom. The molecule has 2 rings (SSSR count). The highest BCUT2D eigenvalue weighted by Gasteiger charge is 2.25. The van der Waals surface area contributed by atoms with Gasteiger partial charge in [0.2, 0.25) is 0 Å². The maximum absolute atomic E-state index is 9.03. The van der Waals surface area contributed by atoms with Gasteiger partial charge in [0, 0.05) is 12.6 Å². The molecule has 3 atom stereocenters. The molecule has 1 N–H and O–H groups in total. The second kappa shape index (κ2) is 6.37. The molecule has 2 aliphatic rings. The van der Waals surface area contributed by atoms with Crippen LogP contribution in [0.1, 0.15) is 39.0 Å². The van der Waals surface area contributed by atoms with Crippen molar-refractivity contribution in [1.29, 1.82) is 5.26 Å². The number of nitrogens with one attached hydrogen (secondary N) is 1. The lowest BCUT2D eigenvalue weighted by Crippen LogP contribution is -2.43. The van der Waals surface area contributed by atoms with Crippen molar-refractivity contribution in [3.8, 4) is 6.07 Å². The van der Waals surface area contributed by atoms with Crippen molar-refractivity contribution in [3.63, 3.8) is 0 Å². The van der Waals surface area contributed by atoms with Gasteiger partial charge in [0.25, 0.3) is 0 Å². The van der Waals surface area contributed by atoms with E-state index < -0.39 is 0 Å². The van der Waals surface area contributed by atoms with Gasteiger partial charge < -0.3 is 5.32 Å². The van der Waals surface area contributed by atoms with Gasteiger partial charge in [0.1, 0.15) is 0 Å². The maximum Gasteiger partial charge on any atom is 0.0669 e. The molecule has 3 unspecified atom stereocenters. The Hall–Kier alpha value is -0.590. The average molecular weight is 235 g/mol. The van der Waals surface area contributed by atoms with Crippen molar-refractivity contribution < 1.29 is 0 Å².